The third kappa shape index (κ3) is 3.12. The molecule has 0 spiro atoms. The fraction of sp³-hybridized carbons (Fsp3) is 0.188. The monoisotopic (exact) mass is 271 g/mol. The molecular weight excluding hydrogens is 254 g/mol. The van der Waals surface area contributed by atoms with Crippen molar-refractivity contribution in [2.75, 3.05) is 0 Å². The van der Waals surface area contributed by atoms with Crippen molar-refractivity contribution < 1.29 is 5.11 Å². The molecule has 3 heteroatoms. The van der Waals surface area contributed by atoms with E-state index in [1.807, 2.05) is 42.5 Å². The van der Waals surface area contributed by atoms with Crippen LogP contribution in [0.15, 0.2) is 48.5 Å². The highest BCUT2D eigenvalue weighted by atomic mass is 32.1. The van der Waals surface area contributed by atoms with E-state index in [9.17, 15) is 5.11 Å². The van der Waals surface area contributed by atoms with Crippen LogP contribution in [0.4, 0.5) is 0 Å². The van der Waals surface area contributed by atoms with Gasteiger partial charge in [-0.3, -0.25) is 0 Å². The van der Waals surface area contributed by atoms with E-state index in [-0.39, 0.29) is 5.75 Å². The van der Waals surface area contributed by atoms with Gasteiger partial charge in [-0.2, -0.15) is 0 Å². The molecule has 1 aromatic heterocycles. The van der Waals surface area contributed by atoms with Crippen LogP contribution in [0, 0.1) is 0 Å². The fourth-order valence-electron chi connectivity index (χ4n) is 1.64. The zero-order valence-corrected chi connectivity index (χ0v) is 11.9. The third-order valence-corrected chi connectivity index (χ3v) is 3.50. The number of aromatic nitrogens is 1. The summed E-state index contributed by atoms with van der Waals surface area (Å²) in [5.41, 5.74) is 1.77. The van der Waals surface area contributed by atoms with Gasteiger partial charge in [-0.25, -0.2) is 4.98 Å². The lowest BCUT2D eigenvalue weighted by Crippen LogP contribution is -1.76. The van der Waals surface area contributed by atoms with Crippen LogP contribution in [-0.2, 0) is 0 Å². The number of fused-ring (bicyclic) bond motifs is 1. The van der Waals surface area contributed by atoms with Crippen LogP contribution < -0.4 is 0 Å². The van der Waals surface area contributed by atoms with Crippen LogP contribution in [-0.4, -0.2) is 10.1 Å². The predicted octanol–water partition coefficient (Wildman–Crippen LogP) is 5.09. The highest BCUT2D eigenvalue weighted by Gasteiger charge is 2.08. The largest absolute Gasteiger partial charge is 0.507 e. The van der Waals surface area contributed by atoms with Gasteiger partial charge in [0.15, 0.2) is 0 Å². The van der Waals surface area contributed by atoms with Crippen LogP contribution in [0.2, 0.25) is 0 Å². The number of thiazole rings is 1. The minimum absolute atomic E-state index is 0.279. The van der Waals surface area contributed by atoms with Crippen molar-refractivity contribution in [1.82, 2.24) is 4.98 Å². The lowest BCUT2D eigenvalue weighted by Gasteiger charge is -1.98. The molecule has 1 heterocycles. The van der Waals surface area contributed by atoms with Crippen LogP contribution in [0.1, 0.15) is 20.3 Å². The van der Waals surface area contributed by atoms with E-state index < -0.39 is 0 Å². The standard InChI is InChI=1S/C13H9NOS.C3H8/c15-11-7-3-1-5-9(11)13-14-10-6-2-4-8-12(10)16-13;1-3-2/h1-8,15H;3H2,1-2H3. The van der Waals surface area contributed by atoms with Gasteiger partial charge in [0.25, 0.3) is 0 Å². The Balaban J connectivity index is 0.000000408. The van der Waals surface area contributed by atoms with Gasteiger partial charge in [0.1, 0.15) is 10.8 Å². The van der Waals surface area contributed by atoms with Crippen molar-refractivity contribution in [2.45, 2.75) is 20.3 Å². The number of rotatable bonds is 1. The molecule has 0 bridgehead atoms. The van der Waals surface area contributed by atoms with Crippen molar-refractivity contribution in [3.05, 3.63) is 48.5 Å². The topological polar surface area (TPSA) is 33.1 Å². The van der Waals surface area contributed by atoms with Crippen molar-refractivity contribution in [3.8, 4) is 16.3 Å². The van der Waals surface area contributed by atoms with E-state index in [4.69, 9.17) is 0 Å². The molecule has 0 unspecified atom stereocenters. The first-order chi connectivity index (χ1) is 9.26. The summed E-state index contributed by atoms with van der Waals surface area (Å²) in [6.45, 7) is 4.25. The van der Waals surface area contributed by atoms with E-state index in [1.54, 1.807) is 17.4 Å². The molecular formula is C16H17NOS. The number of hydrogen-bond acceptors (Lipinski definition) is 3. The number of aromatic hydroxyl groups is 1. The van der Waals surface area contributed by atoms with Crippen LogP contribution >= 0.6 is 11.3 Å². The number of phenolic OH excluding ortho intramolecular Hbond substituents is 1. The minimum Gasteiger partial charge on any atom is -0.507 e. The second kappa shape index (κ2) is 6.34. The molecule has 0 atom stereocenters. The Morgan fingerprint density at radius 2 is 1.63 bits per heavy atom. The minimum atomic E-state index is 0.279. The molecule has 0 fully saturated rings. The molecule has 3 aromatic rings. The molecule has 1 N–H and O–H groups in total. The third-order valence-electron chi connectivity index (χ3n) is 2.43. The fourth-order valence-corrected chi connectivity index (χ4v) is 2.64. The highest BCUT2D eigenvalue weighted by Crippen LogP contribution is 2.34. The van der Waals surface area contributed by atoms with Crippen LogP contribution in [0.25, 0.3) is 20.8 Å². The number of nitrogens with zero attached hydrogens (tertiary/aromatic N) is 1. The van der Waals surface area contributed by atoms with Gasteiger partial charge in [0.2, 0.25) is 0 Å². The van der Waals surface area contributed by atoms with E-state index in [2.05, 4.69) is 18.8 Å². The molecule has 0 saturated heterocycles. The molecule has 0 aliphatic carbocycles. The molecule has 0 radical (unpaired) electrons. The summed E-state index contributed by atoms with van der Waals surface area (Å²) < 4.78 is 1.14. The Morgan fingerprint density at radius 1 is 1.00 bits per heavy atom. The van der Waals surface area contributed by atoms with E-state index >= 15 is 0 Å². The summed E-state index contributed by atoms with van der Waals surface area (Å²) in [6, 6.07) is 15.3. The second-order valence-corrected chi connectivity index (χ2v) is 5.24. The molecule has 0 saturated carbocycles. The van der Waals surface area contributed by atoms with Gasteiger partial charge in [0, 0.05) is 0 Å². The molecule has 98 valence electrons. The molecule has 0 aliphatic rings. The average molecular weight is 271 g/mol. The number of phenols is 1. The maximum atomic E-state index is 9.76. The predicted molar refractivity (Wildman–Crippen MR) is 82.7 cm³/mol. The first-order valence-electron chi connectivity index (χ1n) is 6.40. The molecule has 19 heavy (non-hydrogen) atoms. The van der Waals surface area contributed by atoms with Gasteiger partial charge < -0.3 is 5.11 Å². The SMILES string of the molecule is CCC.Oc1ccccc1-c1nc2ccccc2s1. The maximum absolute atomic E-state index is 9.76. The Labute approximate surface area is 117 Å². The quantitative estimate of drug-likeness (QED) is 0.669. The first-order valence-corrected chi connectivity index (χ1v) is 7.21. The van der Waals surface area contributed by atoms with Crippen molar-refractivity contribution >= 4 is 21.6 Å². The summed E-state index contributed by atoms with van der Waals surface area (Å²) in [7, 11) is 0. The lowest BCUT2D eigenvalue weighted by atomic mass is 10.2. The molecule has 2 nitrogen and oxygen atoms in total. The summed E-state index contributed by atoms with van der Waals surface area (Å²) in [6.07, 6.45) is 1.25. The lowest BCUT2D eigenvalue weighted by molar-refractivity contribution is 0.477. The van der Waals surface area contributed by atoms with Gasteiger partial charge in [-0.05, 0) is 24.3 Å². The van der Waals surface area contributed by atoms with E-state index in [0.29, 0.717) is 0 Å². The maximum Gasteiger partial charge on any atom is 0.128 e. The average Bonchev–Trinajstić information content (AvgIpc) is 2.83. The normalized spacial score (nSPS) is 10.0. The molecule has 3 rings (SSSR count). The Bertz CT molecular complexity index is 627. The summed E-state index contributed by atoms with van der Waals surface area (Å²) in [5, 5.41) is 10.6. The molecule has 2 aromatic carbocycles. The second-order valence-electron chi connectivity index (χ2n) is 4.21. The van der Waals surface area contributed by atoms with Crippen LogP contribution in [0.3, 0.4) is 0 Å². The van der Waals surface area contributed by atoms with Gasteiger partial charge >= 0.3 is 0 Å². The van der Waals surface area contributed by atoms with Gasteiger partial charge in [-0.15, -0.1) is 11.3 Å². The summed E-state index contributed by atoms with van der Waals surface area (Å²) in [5.74, 6) is 0.279. The smallest absolute Gasteiger partial charge is 0.128 e. The van der Waals surface area contributed by atoms with Crippen molar-refractivity contribution in [2.24, 2.45) is 0 Å². The van der Waals surface area contributed by atoms with E-state index in [0.717, 1.165) is 20.8 Å². The zero-order valence-electron chi connectivity index (χ0n) is 11.1. The first kappa shape index (κ1) is 13.6. The van der Waals surface area contributed by atoms with Gasteiger partial charge in [0.05, 0.1) is 15.8 Å². The summed E-state index contributed by atoms with van der Waals surface area (Å²) >= 11 is 1.59. The molecule has 0 aliphatic heterocycles. The number of para-hydroxylation sites is 2. The van der Waals surface area contributed by atoms with Crippen molar-refractivity contribution in [3.63, 3.8) is 0 Å². The summed E-state index contributed by atoms with van der Waals surface area (Å²) in [4.78, 5) is 4.50. The Morgan fingerprint density at radius 3 is 2.32 bits per heavy atom. The van der Waals surface area contributed by atoms with E-state index in [1.165, 1.54) is 6.42 Å². The number of benzene rings is 2. The number of hydrogen-bond donors (Lipinski definition) is 1. The zero-order chi connectivity index (χ0) is 13.7. The van der Waals surface area contributed by atoms with Gasteiger partial charge in [-0.1, -0.05) is 44.5 Å². The highest BCUT2D eigenvalue weighted by molar-refractivity contribution is 7.21. The Kier molecular flexibility index (Phi) is 4.53. The Hall–Kier alpha value is -1.87. The van der Waals surface area contributed by atoms with Crippen LogP contribution in [0.5, 0.6) is 5.75 Å². The molecule has 0 amide bonds. The van der Waals surface area contributed by atoms with Crippen molar-refractivity contribution in [1.29, 1.82) is 0 Å².